The van der Waals surface area contributed by atoms with Gasteiger partial charge in [0.2, 0.25) is 0 Å². The molecule has 6 rings (SSSR count). The van der Waals surface area contributed by atoms with E-state index in [9.17, 15) is 4.79 Å². The molecule has 6 heteroatoms. The molecule has 2 fully saturated rings. The first-order chi connectivity index (χ1) is 23.6. The second-order valence-electron chi connectivity index (χ2n) is 13.3. The van der Waals surface area contributed by atoms with Crippen LogP contribution in [0.15, 0.2) is 103 Å². The molecule has 2 heterocycles. The van der Waals surface area contributed by atoms with Crippen LogP contribution in [-0.4, -0.2) is 59.4 Å². The monoisotopic (exact) mass is 661 g/mol. The number of thioether (sulfide) groups is 1. The molecule has 4 aromatic rings. The molecule has 0 aliphatic carbocycles. The Labute approximate surface area is 292 Å². The average Bonchev–Trinajstić information content (AvgIpc) is 3.15. The van der Waals surface area contributed by atoms with Gasteiger partial charge in [0.05, 0.1) is 0 Å². The highest BCUT2D eigenvalue weighted by atomic mass is 32.2. The van der Waals surface area contributed by atoms with E-state index in [4.69, 9.17) is 4.74 Å². The van der Waals surface area contributed by atoms with Gasteiger partial charge >= 0.3 is 0 Å². The van der Waals surface area contributed by atoms with Crippen LogP contribution < -0.4 is 9.64 Å². The van der Waals surface area contributed by atoms with Gasteiger partial charge in [0.15, 0.2) is 0 Å². The van der Waals surface area contributed by atoms with Gasteiger partial charge < -0.3 is 14.5 Å². The molecule has 0 aromatic heterocycles. The number of unbranched alkanes of at least 4 members (excludes halogenated alkanes) is 2. The van der Waals surface area contributed by atoms with Crippen LogP contribution in [0.3, 0.4) is 0 Å². The minimum atomic E-state index is 0.150. The Morgan fingerprint density at radius 2 is 1.42 bits per heavy atom. The van der Waals surface area contributed by atoms with Crippen molar-refractivity contribution in [3.8, 4) is 5.75 Å². The number of piperidine rings is 1. The highest BCUT2D eigenvalue weighted by Crippen LogP contribution is 2.26. The standard InChI is InChI=1S/C42H51N3O2S/c1-2-3-5-8-34-11-17-38(18-12-34)42(46)45(32-36-13-19-39(20-14-36)44-27-29-48-30-28-44)40-23-25-43(26-24-40)31-35-15-21-41(22-16-35)47-33-37-9-6-4-7-10-37/h4,6-7,9-22,40H,2-3,5,8,23-33H2,1H3. The maximum atomic E-state index is 14.2. The van der Waals surface area contributed by atoms with Crippen molar-refractivity contribution in [2.75, 3.05) is 42.6 Å². The zero-order valence-electron chi connectivity index (χ0n) is 28.6. The zero-order valence-corrected chi connectivity index (χ0v) is 29.4. The number of carbonyl (C=O) groups is 1. The number of aryl methyl sites for hydroxylation is 1. The van der Waals surface area contributed by atoms with Crippen molar-refractivity contribution < 1.29 is 9.53 Å². The fraction of sp³-hybridized carbons (Fsp3) is 0.405. The molecule has 0 bridgehead atoms. The van der Waals surface area contributed by atoms with Crippen LogP contribution >= 0.6 is 11.8 Å². The fourth-order valence-electron chi connectivity index (χ4n) is 6.84. The van der Waals surface area contributed by atoms with Crippen molar-refractivity contribution in [1.29, 1.82) is 0 Å². The zero-order chi connectivity index (χ0) is 33.0. The normalized spacial score (nSPS) is 15.7. The second kappa shape index (κ2) is 17.6. The van der Waals surface area contributed by atoms with Crippen molar-refractivity contribution in [1.82, 2.24) is 9.80 Å². The number of anilines is 1. The first-order valence-electron chi connectivity index (χ1n) is 17.9. The van der Waals surface area contributed by atoms with Crippen LogP contribution in [0.4, 0.5) is 5.69 Å². The van der Waals surface area contributed by atoms with Crippen LogP contribution in [0, 0.1) is 0 Å². The molecule has 1 amide bonds. The lowest BCUT2D eigenvalue weighted by Crippen LogP contribution is -2.46. The lowest BCUT2D eigenvalue weighted by atomic mass is 9.99. The minimum Gasteiger partial charge on any atom is -0.489 e. The maximum Gasteiger partial charge on any atom is 0.254 e. The number of ether oxygens (including phenoxy) is 1. The number of benzene rings is 4. The third-order valence-corrected chi connectivity index (χ3v) is 10.7. The van der Waals surface area contributed by atoms with Crippen LogP contribution in [0.1, 0.15) is 71.6 Å². The smallest absolute Gasteiger partial charge is 0.254 e. The molecule has 2 aliphatic heterocycles. The molecular weight excluding hydrogens is 611 g/mol. The molecule has 0 spiro atoms. The second-order valence-corrected chi connectivity index (χ2v) is 14.5. The summed E-state index contributed by atoms with van der Waals surface area (Å²) >= 11 is 2.03. The van der Waals surface area contributed by atoms with Gasteiger partial charge in [-0.05, 0) is 84.3 Å². The first kappa shape index (κ1) is 34.1. The molecule has 0 N–H and O–H groups in total. The van der Waals surface area contributed by atoms with Crippen LogP contribution in [0.25, 0.3) is 0 Å². The van der Waals surface area contributed by atoms with E-state index in [0.29, 0.717) is 13.2 Å². The predicted molar refractivity (Wildman–Crippen MR) is 201 cm³/mol. The molecule has 0 radical (unpaired) electrons. The summed E-state index contributed by atoms with van der Waals surface area (Å²) in [7, 11) is 0. The Kier molecular flexibility index (Phi) is 12.5. The van der Waals surface area contributed by atoms with E-state index >= 15 is 0 Å². The SMILES string of the molecule is CCCCCc1ccc(C(=O)N(Cc2ccc(N3CCSCC3)cc2)C2CCN(Cc3ccc(OCc4ccccc4)cc3)CC2)cc1. The highest BCUT2D eigenvalue weighted by Gasteiger charge is 2.29. The summed E-state index contributed by atoms with van der Waals surface area (Å²) in [5, 5.41) is 0. The molecule has 2 aliphatic rings. The van der Waals surface area contributed by atoms with Crippen molar-refractivity contribution in [3.05, 3.63) is 131 Å². The maximum absolute atomic E-state index is 14.2. The molecule has 48 heavy (non-hydrogen) atoms. The summed E-state index contributed by atoms with van der Waals surface area (Å²) in [6.45, 7) is 8.53. The number of likely N-dealkylation sites (tertiary alicyclic amines) is 1. The van der Waals surface area contributed by atoms with Crippen LogP contribution in [0.2, 0.25) is 0 Å². The highest BCUT2D eigenvalue weighted by molar-refractivity contribution is 7.99. The van der Waals surface area contributed by atoms with E-state index in [2.05, 4.69) is 107 Å². The summed E-state index contributed by atoms with van der Waals surface area (Å²) in [6.07, 6.45) is 6.70. The Morgan fingerprint density at radius 1 is 0.750 bits per heavy atom. The van der Waals surface area contributed by atoms with E-state index in [1.165, 1.54) is 58.7 Å². The van der Waals surface area contributed by atoms with E-state index in [1.54, 1.807) is 0 Å². The van der Waals surface area contributed by atoms with Crippen molar-refractivity contribution in [2.45, 2.75) is 71.2 Å². The average molecular weight is 662 g/mol. The number of hydrogen-bond acceptors (Lipinski definition) is 5. The molecule has 2 saturated heterocycles. The fourth-order valence-corrected chi connectivity index (χ4v) is 7.74. The molecule has 0 unspecified atom stereocenters. The van der Waals surface area contributed by atoms with Gasteiger partial charge in [-0.3, -0.25) is 9.69 Å². The number of hydrogen-bond donors (Lipinski definition) is 0. The van der Waals surface area contributed by atoms with Gasteiger partial charge in [-0.15, -0.1) is 0 Å². The predicted octanol–water partition coefficient (Wildman–Crippen LogP) is 8.86. The lowest BCUT2D eigenvalue weighted by molar-refractivity contribution is 0.0543. The van der Waals surface area contributed by atoms with E-state index < -0.39 is 0 Å². The largest absolute Gasteiger partial charge is 0.489 e. The Bertz CT molecular complexity index is 1530. The topological polar surface area (TPSA) is 36.0 Å². The summed E-state index contributed by atoms with van der Waals surface area (Å²) < 4.78 is 6.00. The van der Waals surface area contributed by atoms with Gasteiger partial charge in [-0.1, -0.05) is 86.5 Å². The van der Waals surface area contributed by atoms with Crippen LogP contribution in [0.5, 0.6) is 5.75 Å². The number of rotatable bonds is 14. The van der Waals surface area contributed by atoms with Gasteiger partial charge in [-0.2, -0.15) is 11.8 Å². The quantitative estimate of drug-likeness (QED) is 0.126. The Balaban J connectivity index is 1.08. The summed E-state index contributed by atoms with van der Waals surface area (Å²) in [5.41, 5.74) is 7.08. The van der Waals surface area contributed by atoms with Gasteiger partial charge in [-0.25, -0.2) is 0 Å². The molecule has 5 nitrogen and oxygen atoms in total. The molecule has 0 saturated carbocycles. The van der Waals surface area contributed by atoms with Gasteiger partial charge in [0.1, 0.15) is 12.4 Å². The van der Waals surface area contributed by atoms with Crippen LogP contribution in [-0.2, 0) is 26.1 Å². The Morgan fingerprint density at radius 3 is 2.10 bits per heavy atom. The number of nitrogens with zero attached hydrogens (tertiary/aromatic N) is 3. The number of carbonyl (C=O) groups excluding carboxylic acids is 1. The van der Waals surface area contributed by atoms with Crippen molar-refractivity contribution in [2.24, 2.45) is 0 Å². The summed E-state index contributed by atoms with van der Waals surface area (Å²) in [5.74, 6) is 3.42. The lowest BCUT2D eigenvalue weighted by Gasteiger charge is -2.39. The summed E-state index contributed by atoms with van der Waals surface area (Å²) in [4.78, 5) is 21.3. The van der Waals surface area contributed by atoms with Gasteiger partial charge in [0.25, 0.3) is 5.91 Å². The van der Waals surface area contributed by atoms with E-state index in [0.717, 1.165) is 63.3 Å². The molecule has 252 valence electrons. The molecule has 4 aromatic carbocycles. The molecule has 0 atom stereocenters. The van der Waals surface area contributed by atoms with E-state index in [-0.39, 0.29) is 11.9 Å². The third-order valence-electron chi connectivity index (χ3n) is 9.77. The first-order valence-corrected chi connectivity index (χ1v) is 19.1. The summed E-state index contributed by atoms with van der Waals surface area (Å²) in [6, 6.07) is 36.4. The molecular formula is C42H51N3O2S. The minimum absolute atomic E-state index is 0.150. The Hall–Kier alpha value is -3.74. The van der Waals surface area contributed by atoms with E-state index in [1.807, 2.05) is 30.0 Å². The van der Waals surface area contributed by atoms with Gasteiger partial charge in [0, 0.05) is 68.1 Å². The van der Waals surface area contributed by atoms with Crippen molar-refractivity contribution in [3.63, 3.8) is 0 Å². The number of amides is 1. The van der Waals surface area contributed by atoms with Crippen molar-refractivity contribution >= 4 is 23.4 Å². The third kappa shape index (κ3) is 9.67.